The van der Waals surface area contributed by atoms with Crippen LogP contribution in [0.2, 0.25) is 0 Å². The molecule has 2 heterocycles. The summed E-state index contributed by atoms with van der Waals surface area (Å²) in [6.45, 7) is 2.68. The Balaban J connectivity index is 1.49. The van der Waals surface area contributed by atoms with Crippen molar-refractivity contribution < 1.29 is 9.53 Å². The molecule has 1 aliphatic rings. The molecule has 0 aliphatic carbocycles. The van der Waals surface area contributed by atoms with Crippen LogP contribution < -0.4 is 10.1 Å². The van der Waals surface area contributed by atoms with Crippen molar-refractivity contribution in [2.45, 2.75) is 25.9 Å². The Labute approximate surface area is 148 Å². The number of amides is 1. The van der Waals surface area contributed by atoms with Crippen molar-refractivity contribution in [3.05, 3.63) is 42.0 Å². The molecule has 1 atom stereocenters. The number of likely N-dealkylation sites (N-methyl/N-ethyl adjacent to an activating group) is 1. The number of aryl methyl sites for hydroxylation is 1. The number of nitrogens with zero attached hydrogens (tertiary/aromatic N) is 4. The van der Waals surface area contributed by atoms with Gasteiger partial charge in [-0.25, -0.2) is 0 Å². The number of benzene rings is 1. The van der Waals surface area contributed by atoms with E-state index in [1.165, 1.54) is 0 Å². The minimum absolute atomic E-state index is 0.0250. The van der Waals surface area contributed by atoms with E-state index in [0.717, 1.165) is 36.5 Å². The Morgan fingerprint density at radius 2 is 2.32 bits per heavy atom. The number of ether oxygens (including phenoxy) is 1. The van der Waals surface area contributed by atoms with Gasteiger partial charge in [0.1, 0.15) is 24.5 Å². The number of carbonyl (C=O) groups excluding carboxylic acids is 1. The molecule has 134 valence electrons. The predicted octanol–water partition coefficient (Wildman–Crippen LogP) is 1.10. The first kappa shape index (κ1) is 17.4. The van der Waals surface area contributed by atoms with E-state index in [2.05, 4.69) is 20.4 Å². The fourth-order valence-corrected chi connectivity index (χ4v) is 2.90. The zero-order chi connectivity index (χ0) is 17.6. The van der Waals surface area contributed by atoms with Gasteiger partial charge in [-0.1, -0.05) is 12.1 Å². The quantitative estimate of drug-likeness (QED) is 0.815. The number of rotatable bonds is 7. The van der Waals surface area contributed by atoms with Crippen LogP contribution in [0, 0.1) is 5.92 Å². The van der Waals surface area contributed by atoms with Gasteiger partial charge in [0.25, 0.3) is 0 Å². The first-order valence-electron chi connectivity index (χ1n) is 8.62. The standard InChI is InChI=1S/C18H25N5O2/c1-22(2)8-9-25-16-5-3-4-14(10-16)11-19-18(24)15-6-7-17-21-20-13-23(17)12-15/h3-5,10,13,15H,6-9,11-12H2,1-2H3,(H,19,24). The van der Waals surface area contributed by atoms with Gasteiger partial charge in [0.05, 0.1) is 5.92 Å². The van der Waals surface area contributed by atoms with E-state index in [1.54, 1.807) is 6.33 Å². The second kappa shape index (κ2) is 8.11. The maximum Gasteiger partial charge on any atom is 0.225 e. The maximum absolute atomic E-state index is 12.4. The van der Waals surface area contributed by atoms with Gasteiger partial charge >= 0.3 is 0 Å². The Morgan fingerprint density at radius 1 is 1.44 bits per heavy atom. The fraction of sp³-hybridized carbons (Fsp3) is 0.500. The highest BCUT2D eigenvalue weighted by Gasteiger charge is 2.25. The summed E-state index contributed by atoms with van der Waals surface area (Å²) >= 11 is 0. The Hall–Kier alpha value is -2.41. The summed E-state index contributed by atoms with van der Waals surface area (Å²) in [5.41, 5.74) is 1.04. The molecule has 0 spiro atoms. The van der Waals surface area contributed by atoms with Gasteiger partial charge in [0.2, 0.25) is 5.91 Å². The molecule has 0 bridgehead atoms. The molecule has 25 heavy (non-hydrogen) atoms. The first-order chi connectivity index (χ1) is 12.1. The van der Waals surface area contributed by atoms with Crippen LogP contribution in [0.3, 0.4) is 0 Å². The zero-order valence-electron chi connectivity index (χ0n) is 14.8. The van der Waals surface area contributed by atoms with Crippen LogP contribution in [0.15, 0.2) is 30.6 Å². The van der Waals surface area contributed by atoms with Crippen molar-refractivity contribution in [3.8, 4) is 5.75 Å². The first-order valence-corrected chi connectivity index (χ1v) is 8.62. The van der Waals surface area contributed by atoms with Crippen molar-refractivity contribution in [3.63, 3.8) is 0 Å². The van der Waals surface area contributed by atoms with Gasteiger partial charge < -0.3 is 19.5 Å². The van der Waals surface area contributed by atoms with Crippen LogP contribution in [0.25, 0.3) is 0 Å². The minimum atomic E-state index is -0.0250. The Bertz CT molecular complexity index is 713. The number of carbonyl (C=O) groups is 1. The van der Waals surface area contributed by atoms with Crippen LogP contribution >= 0.6 is 0 Å². The van der Waals surface area contributed by atoms with Crippen LogP contribution in [-0.2, 0) is 24.3 Å². The van der Waals surface area contributed by atoms with E-state index in [9.17, 15) is 4.79 Å². The maximum atomic E-state index is 12.4. The third-order valence-electron chi connectivity index (χ3n) is 4.37. The summed E-state index contributed by atoms with van der Waals surface area (Å²) in [6.07, 6.45) is 3.31. The third kappa shape index (κ3) is 4.79. The molecule has 1 amide bonds. The van der Waals surface area contributed by atoms with E-state index >= 15 is 0 Å². The predicted molar refractivity (Wildman–Crippen MR) is 94.2 cm³/mol. The largest absolute Gasteiger partial charge is 0.492 e. The van der Waals surface area contributed by atoms with E-state index in [4.69, 9.17) is 4.74 Å². The average Bonchev–Trinajstić information content (AvgIpc) is 3.07. The van der Waals surface area contributed by atoms with Gasteiger partial charge in [-0.05, 0) is 38.2 Å². The third-order valence-corrected chi connectivity index (χ3v) is 4.37. The van der Waals surface area contributed by atoms with Gasteiger partial charge in [-0.2, -0.15) is 0 Å². The average molecular weight is 343 g/mol. The lowest BCUT2D eigenvalue weighted by molar-refractivity contribution is -0.126. The Kier molecular flexibility index (Phi) is 5.65. The molecule has 1 N–H and O–H groups in total. The molecule has 0 radical (unpaired) electrons. The smallest absolute Gasteiger partial charge is 0.225 e. The molecule has 1 unspecified atom stereocenters. The second-order valence-electron chi connectivity index (χ2n) is 6.65. The lowest BCUT2D eigenvalue weighted by Gasteiger charge is -2.22. The SMILES string of the molecule is CN(C)CCOc1cccc(CNC(=O)C2CCc3nncn3C2)c1. The van der Waals surface area contributed by atoms with Crippen LogP contribution in [0.5, 0.6) is 5.75 Å². The van der Waals surface area contributed by atoms with Crippen LogP contribution in [0.4, 0.5) is 0 Å². The Morgan fingerprint density at radius 3 is 3.16 bits per heavy atom. The van der Waals surface area contributed by atoms with E-state index in [-0.39, 0.29) is 11.8 Å². The number of hydrogen-bond donors (Lipinski definition) is 1. The van der Waals surface area contributed by atoms with Crippen molar-refractivity contribution in [1.29, 1.82) is 0 Å². The van der Waals surface area contributed by atoms with Crippen molar-refractivity contribution in [2.24, 2.45) is 5.92 Å². The lowest BCUT2D eigenvalue weighted by Crippen LogP contribution is -2.35. The summed E-state index contributed by atoms with van der Waals surface area (Å²) in [6, 6.07) is 7.87. The number of hydrogen-bond acceptors (Lipinski definition) is 5. The zero-order valence-corrected chi connectivity index (χ0v) is 14.8. The highest BCUT2D eigenvalue weighted by molar-refractivity contribution is 5.78. The topological polar surface area (TPSA) is 72.3 Å². The number of nitrogens with one attached hydrogen (secondary N) is 1. The molecule has 1 aromatic heterocycles. The summed E-state index contributed by atoms with van der Waals surface area (Å²) in [4.78, 5) is 14.5. The van der Waals surface area contributed by atoms with Gasteiger partial charge in [-0.15, -0.1) is 10.2 Å². The van der Waals surface area contributed by atoms with Crippen LogP contribution in [0.1, 0.15) is 17.8 Å². The van der Waals surface area contributed by atoms with Crippen molar-refractivity contribution in [2.75, 3.05) is 27.2 Å². The molecule has 0 saturated carbocycles. The fourth-order valence-electron chi connectivity index (χ4n) is 2.90. The molecular weight excluding hydrogens is 318 g/mol. The van der Waals surface area contributed by atoms with E-state index in [0.29, 0.717) is 19.7 Å². The molecule has 0 saturated heterocycles. The lowest BCUT2D eigenvalue weighted by atomic mass is 9.98. The molecule has 1 aliphatic heterocycles. The van der Waals surface area contributed by atoms with Crippen molar-refractivity contribution in [1.82, 2.24) is 25.0 Å². The van der Waals surface area contributed by atoms with Crippen LogP contribution in [-0.4, -0.2) is 52.8 Å². The summed E-state index contributed by atoms with van der Waals surface area (Å²) in [7, 11) is 4.03. The van der Waals surface area contributed by atoms with E-state index < -0.39 is 0 Å². The molecule has 2 aromatic rings. The molecule has 1 aromatic carbocycles. The van der Waals surface area contributed by atoms with Crippen molar-refractivity contribution >= 4 is 5.91 Å². The highest BCUT2D eigenvalue weighted by atomic mass is 16.5. The molecule has 3 rings (SSSR count). The van der Waals surface area contributed by atoms with E-state index in [1.807, 2.05) is 42.9 Å². The normalized spacial score (nSPS) is 16.5. The summed E-state index contributed by atoms with van der Waals surface area (Å²) in [5.74, 6) is 1.85. The number of fused-ring (bicyclic) bond motifs is 1. The molecule has 0 fully saturated rings. The van der Waals surface area contributed by atoms with Gasteiger partial charge in [-0.3, -0.25) is 4.79 Å². The minimum Gasteiger partial charge on any atom is -0.492 e. The molecular formula is C18H25N5O2. The monoisotopic (exact) mass is 343 g/mol. The molecule has 7 nitrogen and oxygen atoms in total. The number of aromatic nitrogens is 3. The highest BCUT2D eigenvalue weighted by Crippen LogP contribution is 2.18. The second-order valence-corrected chi connectivity index (χ2v) is 6.65. The summed E-state index contributed by atoms with van der Waals surface area (Å²) in [5, 5.41) is 11.0. The van der Waals surface area contributed by atoms with Gasteiger partial charge in [0.15, 0.2) is 0 Å². The molecule has 7 heteroatoms. The summed E-state index contributed by atoms with van der Waals surface area (Å²) < 4.78 is 7.70. The van der Waals surface area contributed by atoms with Gasteiger partial charge in [0, 0.05) is 26.1 Å².